The van der Waals surface area contributed by atoms with E-state index < -0.39 is 0 Å². The number of benzene rings is 1. The second kappa shape index (κ2) is 5.89. The Morgan fingerprint density at radius 2 is 2.23 bits per heavy atom. The normalized spacial score (nSPS) is 20.9. The molecule has 1 heterocycles. The van der Waals surface area contributed by atoms with Gasteiger partial charge in [0.05, 0.1) is 17.8 Å². The maximum Gasteiger partial charge on any atom is 0.180 e. The highest BCUT2D eigenvalue weighted by Crippen LogP contribution is 2.43. The Labute approximate surface area is 135 Å². The molecule has 0 saturated heterocycles. The molecule has 2 aromatic rings. The fourth-order valence-corrected chi connectivity index (χ4v) is 4.33. The number of likely N-dealkylation sites (N-methyl/N-ethyl adjacent to an activating group) is 1. The molecule has 0 bridgehead atoms. The number of nitrogens with zero attached hydrogens (tertiary/aromatic N) is 2. The van der Waals surface area contributed by atoms with Gasteiger partial charge in [-0.15, -0.1) is 11.3 Å². The zero-order valence-electron chi connectivity index (χ0n) is 13.4. The Hall–Kier alpha value is -1.59. The lowest BCUT2D eigenvalue weighted by molar-refractivity contribution is 0.130. The van der Waals surface area contributed by atoms with Crippen molar-refractivity contribution in [2.45, 2.75) is 31.7 Å². The summed E-state index contributed by atoms with van der Waals surface area (Å²) in [5, 5.41) is 0.683. The molecule has 0 aliphatic heterocycles. The van der Waals surface area contributed by atoms with Gasteiger partial charge in [-0.3, -0.25) is 4.90 Å². The van der Waals surface area contributed by atoms with Gasteiger partial charge in [-0.05, 0) is 51.6 Å². The molecule has 22 heavy (non-hydrogen) atoms. The van der Waals surface area contributed by atoms with Gasteiger partial charge < -0.3 is 10.5 Å². The molecule has 0 fully saturated rings. The summed E-state index contributed by atoms with van der Waals surface area (Å²) in [6.45, 7) is 2.70. The Morgan fingerprint density at radius 1 is 1.41 bits per heavy atom. The van der Waals surface area contributed by atoms with E-state index in [1.807, 2.05) is 13.0 Å². The third kappa shape index (κ3) is 2.59. The molecule has 0 saturated carbocycles. The number of anilines is 1. The molecule has 0 spiro atoms. The maximum absolute atomic E-state index is 5.90. The van der Waals surface area contributed by atoms with Gasteiger partial charge in [0, 0.05) is 11.3 Å². The van der Waals surface area contributed by atoms with Crippen LogP contribution in [0.5, 0.6) is 5.75 Å². The third-order valence-electron chi connectivity index (χ3n) is 4.56. The van der Waals surface area contributed by atoms with E-state index >= 15 is 0 Å². The van der Waals surface area contributed by atoms with Crippen LogP contribution < -0.4 is 10.5 Å². The minimum absolute atomic E-state index is 0.0148. The van der Waals surface area contributed by atoms with Crippen LogP contribution in [0.25, 0.3) is 0 Å². The molecule has 1 atom stereocenters. The zero-order valence-corrected chi connectivity index (χ0v) is 14.2. The number of ether oxygens (including phenoxy) is 1. The van der Waals surface area contributed by atoms with Crippen molar-refractivity contribution in [1.29, 1.82) is 0 Å². The van der Waals surface area contributed by atoms with E-state index in [1.165, 1.54) is 16.1 Å². The van der Waals surface area contributed by atoms with E-state index in [0.29, 0.717) is 11.7 Å². The van der Waals surface area contributed by atoms with Gasteiger partial charge in [-0.25, -0.2) is 4.98 Å². The molecule has 2 N–H and O–H groups in total. The van der Waals surface area contributed by atoms with Crippen molar-refractivity contribution < 1.29 is 4.74 Å². The number of nitrogen functional groups attached to an aromatic ring is 1. The average Bonchev–Trinajstić information content (AvgIpc) is 2.86. The first-order valence-electron chi connectivity index (χ1n) is 7.70. The van der Waals surface area contributed by atoms with Crippen LogP contribution in [0.2, 0.25) is 0 Å². The van der Waals surface area contributed by atoms with E-state index in [-0.39, 0.29) is 5.54 Å². The summed E-state index contributed by atoms with van der Waals surface area (Å²) >= 11 is 1.63. The largest absolute Gasteiger partial charge is 0.494 e. The summed E-state index contributed by atoms with van der Waals surface area (Å²) in [5.41, 5.74) is 8.37. The lowest BCUT2D eigenvalue weighted by Crippen LogP contribution is -2.45. The quantitative estimate of drug-likeness (QED) is 0.941. The van der Waals surface area contributed by atoms with Gasteiger partial charge in [0.1, 0.15) is 5.75 Å². The Morgan fingerprint density at radius 3 is 2.95 bits per heavy atom. The standard InChI is InChI=1S/C17H23N3OS/c1-4-21-13-7-5-6-12(10-13)17(20(2)3)9-8-14-15(11-17)22-16(18)19-14/h5-7,10H,4,8-9,11H2,1-3H3,(H2,18,19). The van der Waals surface area contributed by atoms with Crippen LogP contribution in [-0.4, -0.2) is 30.6 Å². The average molecular weight is 317 g/mol. The molecular formula is C17H23N3OS. The second-order valence-corrected chi connectivity index (χ2v) is 7.10. The van der Waals surface area contributed by atoms with Gasteiger partial charge in [0.15, 0.2) is 5.13 Å². The number of rotatable bonds is 4. The monoisotopic (exact) mass is 317 g/mol. The van der Waals surface area contributed by atoms with Gasteiger partial charge in [0.25, 0.3) is 0 Å². The lowest BCUT2D eigenvalue weighted by Gasteiger charge is -2.43. The van der Waals surface area contributed by atoms with Crippen LogP contribution in [-0.2, 0) is 18.4 Å². The fourth-order valence-electron chi connectivity index (χ4n) is 3.34. The summed E-state index contributed by atoms with van der Waals surface area (Å²) in [4.78, 5) is 8.12. The number of aryl methyl sites for hydroxylation is 1. The van der Waals surface area contributed by atoms with Gasteiger partial charge in [-0.1, -0.05) is 12.1 Å². The number of thiazole rings is 1. The minimum atomic E-state index is -0.0148. The molecule has 1 aliphatic carbocycles. The molecule has 1 aromatic carbocycles. The first-order valence-corrected chi connectivity index (χ1v) is 8.51. The summed E-state index contributed by atoms with van der Waals surface area (Å²) in [6, 6.07) is 8.49. The topological polar surface area (TPSA) is 51.4 Å². The predicted octanol–water partition coefficient (Wildman–Crippen LogP) is 3.07. The van der Waals surface area contributed by atoms with E-state index in [2.05, 4.69) is 42.2 Å². The number of hydrogen-bond acceptors (Lipinski definition) is 5. The van der Waals surface area contributed by atoms with E-state index in [1.54, 1.807) is 11.3 Å². The smallest absolute Gasteiger partial charge is 0.180 e. The molecule has 1 unspecified atom stereocenters. The van der Waals surface area contributed by atoms with Crippen molar-refractivity contribution in [2.75, 3.05) is 26.4 Å². The molecule has 5 heteroatoms. The highest BCUT2D eigenvalue weighted by atomic mass is 32.1. The summed E-state index contributed by atoms with van der Waals surface area (Å²) in [5.74, 6) is 0.941. The third-order valence-corrected chi connectivity index (χ3v) is 5.49. The minimum Gasteiger partial charge on any atom is -0.494 e. The maximum atomic E-state index is 5.90. The highest BCUT2D eigenvalue weighted by Gasteiger charge is 2.39. The summed E-state index contributed by atoms with van der Waals surface area (Å²) in [7, 11) is 4.31. The van der Waals surface area contributed by atoms with Crippen molar-refractivity contribution in [3.63, 3.8) is 0 Å². The lowest BCUT2D eigenvalue weighted by atomic mass is 9.77. The first kappa shape index (κ1) is 15.3. The predicted molar refractivity (Wildman–Crippen MR) is 91.5 cm³/mol. The Balaban J connectivity index is 2.01. The van der Waals surface area contributed by atoms with Crippen molar-refractivity contribution in [3.8, 4) is 5.75 Å². The second-order valence-electron chi connectivity index (χ2n) is 5.99. The molecule has 4 nitrogen and oxygen atoms in total. The molecular weight excluding hydrogens is 294 g/mol. The molecule has 0 radical (unpaired) electrons. The molecule has 118 valence electrons. The Bertz CT molecular complexity index is 668. The summed E-state index contributed by atoms with van der Waals surface area (Å²) < 4.78 is 5.69. The van der Waals surface area contributed by atoms with Crippen LogP contribution >= 0.6 is 11.3 Å². The van der Waals surface area contributed by atoms with E-state index in [9.17, 15) is 0 Å². The van der Waals surface area contributed by atoms with Gasteiger partial charge >= 0.3 is 0 Å². The van der Waals surface area contributed by atoms with Crippen molar-refractivity contribution >= 4 is 16.5 Å². The van der Waals surface area contributed by atoms with E-state index in [4.69, 9.17) is 10.5 Å². The van der Waals surface area contributed by atoms with Crippen molar-refractivity contribution in [2.24, 2.45) is 0 Å². The summed E-state index contributed by atoms with van der Waals surface area (Å²) in [6.07, 6.45) is 2.98. The zero-order chi connectivity index (χ0) is 15.7. The number of nitrogens with two attached hydrogens (primary N) is 1. The molecule has 1 aliphatic rings. The van der Waals surface area contributed by atoms with Crippen LogP contribution in [0, 0.1) is 0 Å². The molecule has 1 aromatic heterocycles. The van der Waals surface area contributed by atoms with Crippen molar-refractivity contribution in [1.82, 2.24) is 9.88 Å². The number of hydrogen-bond donors (Lipinski definition) is 1. The van der Waals surface area contributed by atoms with Crippen LogP contribution in [0.15, 0.2) is 24.3 Å². The van der Waals surface area contributed by atoms with E-state index in [0.717, 1.165) is 25.0 Å². The SMILES string of the molecule is CCOc1cccc(C2(N(C)C)CCc3nc(N)sc3C2)c1. The fraction of sp³-hybridized carbons (Fsp3) is 0.471. The number of aromatic nitrogens is 1. The van der Waals surface area contributed by atoms with Crippen LogP contribution in [0.1, 0.15) is 29.5 Å². The first-order chi connectivity index (χ1) is 10.5. The van der Waals surface area contributed by atoms with Gasteiger partial charge in [-0.2, -0.15) is 0 Å². The highest BCUT2D eigenvalue weighted by molar-refractivity contribution is 7.15. The molecule has 0 amide bonds. The van der Waals surface area contributed by atoms with Crippen LogP contribution in [0.3, 0.4) is 0 Å². The van der Waals surface area contributed by atoms with Crippen LogP contribution in [0.4, 0.5) is 5.13 Å². The number of fused-ring (bicyclic) bond motifs is 1. The molecule has 3 rings (SSSR count). The van der Waals surface area contributed by atoms with Gasteiger partial charge in [0.2, 0.25) is 0 Å². The van der Waals surface area contributed by atoms with Crippen molar-refractivity contribution in [3.05, 3.63) is 40.4 Å². The Kier molecular flexibility index (Phi) is 4.10.